The Kier molecular flexibility index (Phi) is 3.09. The summed E-state index contributed by atoms with van der Waals surface area (Å²) in [4.78, 5) is 12.2. The van der Waals surface area contributed by atoms with E-state index in [2.05, 4.69) is 5.32 Å². The first-order valence-corrected chi connectivity index (χ1v) is 6.86. The first kappa shape index (κ1) is 11.5. The lowest BCUT2D eigenvalue weighted by atomic mass is 9.84. The fourth-order valence-electron chi connectivity index (χ4n) is 3.83. The van der Waals surface area contributed by atoms with Crippen molar-refractivity contribution >= 4 is 5.91 Å². The molecule has 2 aliphatic carbocycles. The molecule has 3 fully saturated rings. The summed E-state index contributed by atoms with van der Waals surface area (Å²) in [6.45, 7) is 2.40. The van der Waals surface area contributed by atoms with Gasteiger partial charge in [0.2, 0.25) is 5.91 Å². The zero-order valence-corrected chi connectivity index (χ0v) is 10.2. The van der Waals surface area contributed by atoms with Crippen LogP contribution < -0.4 is 11.1 Å². The molecule has 0 aromatic heterocycles. The quantitative estimate of drug-likeness (QED) is 0.753. The van der Waals surface area contributed by atoms with Gasteiger partial charge in [-0.25, -0.2) is 0 Å². The number of rotatable bonds is 3. The fourth-order valence-corrected chi connectivity index (χ4v) is 3.83. The van der Waals surface area contributed by atoms with Gasteiger partial charge in [0.25, 0.3) is 0 Å². The Labute approximate surface area is 102 Å². The summed E-state index contributed by atoms with van der Waals surface area (Å²) in [6, 6.07) is 0.105. The summed E-state index contributed by atoms with van der Waals surface area (Å²) in [5.74, 6) is 1.93. The molecule has 0 radical (unpaired) electrons. The maximum absolute atomic E-state index is 12.2. The molecule has 1 aliphatic heterocycles. The zero-order valence-electron chi connectivity index (χ0n) is 10.2. The van der Waals surface area contributed by atoms with Gasteiger partial charge in [-0.3, -0.25) is 4.79 Å². The van der Waals surface area contributed by atoms with E-state index in [4.69, 9.17) is 10.5 Å². The molecule has 4 nitrogen and oxygen atoms in total. The molecule has 17 heavy (non-hydrogen) atoms. The van der Waals surface area contributed by atoms with Crippen LogP contribution >= 0.6 is 0 Å². The van der Waals surface area contributed by atoms with Crippen LogP contribution in [0.2, 0.25) is 0 Å². The second-order valence-corrected chi connectivity index (χ2v) is 5.91. The molecule has 5 atom stereocenters. The van der Waals surface area contributed by atoms with E-state index < -0.39 is 0 Å². The lowest BCUT2D eigenvalue weighted by Crippen LogP contribution is -2.46. The molecule has 1 heterocycles. The number of carbonyl (C=O) groups excluding carboxylic acids is 1. The Balaban J connectivity index is 1.52. The van der Waals surface area contributed by atoms with Crippen molar-refractivity contribution in [3.05, 3.63) is 0 Å². The minimum Gasteiger partial charge on any atom is -0.381 e. The number of hydrogen-bond acceptors (Lipinski definition) is 3. The number of amides is 1. The Morgan fingerprint density at radius 3 is 2.76 bits per heavy atom. The first-order valence-electron chi connectivity index (χ1n) is 6.86. The number of ether oxygens (including phenoxy) is 1. The highest BCUT2D eigenvalue weighted by molar-refractivity contribution is 5.80. The Bertz CT molecular complexity index is 300. The highest BCUT2D eigenvalue weighted by Gasteiger charge is 2.48. The van der Waals surface area contributed by atoms with Gasteiger partial charge in [-0.2, -0.15) is 0 Å². The van der Waals surface area contributed by atoms with Gasteiger partial charge >= 0.3 is 0 Å². The molecule has 0 spiro atoms. The average molecular weight is 238 g/mol. The van der Waals surface area contributed by atoms with Crippen molar-refractivity contribution in [2.45, 2.75) is 31.7 Å². The molecule has 5 unspecified atom stereocenters. The van der Waals surface area contributed by atoms with Gasteiger partial charge in [0.05, 0.1) is 12.5 Å². The molecule has 3 aliphatic rings. The summed E-state index contributed by atoms with van der Waals surface area (Å²) in [5.41, 5.74) is 6.16. The maximum atomic E-state index is 12.2. The van der Waals surface area contributed by atoms with Crippen LogP contribution in [0.3, 0.4) is 0 Å². The smallest absolute Gasteiger partial charge is 0.224 e. The molecule has 96 valence electrons. The molecule has 3 N–H and O–H groups in total. The molecule has 3 rings (SSSR count). The van der Waals surface area contributed by atoms with E-state index in [1.807, 2.05) is 0 Å². The van der Waals surface area contributed by atoms with Crippen molar-refractivity contribution in [1.29, 1.82) is 0 Å². The summed E-state index contributed by atoms with van der Waals surface area (Å²) >= 11 is 0. The normalized spacial score (nSPS) is 44.2. The van der Waals surface area contributed by atoms with Crippen LogP contribution in [0, 0.1) is 23.7 Å². The van der Waals surface area contributed by atoms with Crippen molar-refractivity contribution in [2.24, 2.45) is 29.4 Å². The van der Waals surface area contributed by atoms with Crippen LogP contribution in [0.4, 0.5) is 0 Å². The van der Waals surface area contributed by atoms with E-state index in [1.54, 1.807) is 0 Å². The van der Waals surface area contributed by atoms with E-state index in [9.17, 15) is 4.79 Å². The highest BCUT2D eigenvalue weighted by atomic mass is 16.5. The molecule has 1 amide bonds. The SMILES string of the molecule is NC1C2CCC(C2)C1C(=O)NCC1CCOC1. The third kappa shape index (κ3) is 2.08. The van der Waals surface area contributed by atoms with Gasteiger partial charge in [0.15, 0.2) is 0 Å². The monoisotopic (exact) mass is 238 g/mol. The van der Waals surface area contributed by atoms with E-state index in [0.29, 0.717) is 17.8 Å². The minimum atomic E-state index is 0.0797. The standard InChI is InChI=1S/C13H22N2O2/c14-12-10-2-1-9(5-10)11(12)13(16)15-6-8-3-4-17-7-8/h8-12H,1-7,14H2,(H,15,16). The number of nitrogens with one attached hydrogen (secondary N) is 1. The summed E-state index contributed by atoms with van der Waals surface area (Å²) < 4.78 is 5.31. The third-order valence-corrected chi connectivity index (χ3v) is 4.87. The first-order chi connectivity index (χ1) is 8.25. The second kappa shape index (κ2) is 4.58. The molecule has 1 saturated heterocycles. The van der Waals surface area contributed by atoms with Crippen molar-refractivity contribution in [3.8, 4) is 0 Å². The predicted molar refractivity (Wildman–Crippen MR) is 64.2 cm³/mol. The lowest BCUT2D eigenvalue weighted by Gasteiger charge is -2.27. The molecule has 4 heteroatoms. The van der Waals surface area contributed by atoms with Crippen LogP contribution in [-0.4, -0.2) is 31.7 Å². The Hall–Kier alpha value is -0.610. The largest absolute Gasteiger partial charge is 0.381 e. The third-order valence-electron chi connectivity index (χ3n) is 4.87. The van der Waals surface area contributed by atoms with E-state index in [1.165, 1.54) is 19.3 Å². The lowest BCUT2D eigenvalue weighted by molar-refractivity contribution is -0.127. The molecule has 0 aromatic rings. The van der Waals surface area contributed by atoms with E-state index in [-0.39, 0.29) is 17.9 Å². The number of hydrogen-bond donors (Lipinski definition) is 2. The average Bonchev–Trinajstić information content (AvgIpc) is 3.02. The van der Waals surface area contributed by atoms with Crippen molar-refractivity contribution < 1.29 is 9.53 Å². The number of nitrogens with two attached hydrogens (primary N) is 1. The Morgan fingerprint density at radius 1 is 1.29 bits per heavy atom. The van der Waals surface area contributed by atoms with E-state index in [0.717, 1.165) is 26.2 Å². The Morgan fingerprint density at radius 2 is 2.12 bits per heavy atom. The molecule has 2 bridgehead atoms. The van der Waals surface area contributed by atoms with Crippen molar-refractivity contribution in [1.82, 2.24) is 5.32 Å². The summed E-state index contributed by atoms with van der Waals surface area (Å²) in [7, 11) is 0. The second-order valence-electron chi connectivity index (χ2n) is 5.91. The summed E-state index contributed by atoms with van der Waals surface area (Å²) in [5, 5.41) is 3.08. The fraction of sp³-hybridized carbons (Fsp3) is 0.923. The van der Waals surface area contributed by atoms with Gasteiger partial charge in [-0.15, -0.1) is 0 Å². The maximum Gasteiger partial charge on any atom is 0.224 e. The minimum absolute atomic E-state index is 0.0797. The van der Waals surface area contributed by atoms with Gasteiger partial charge < -0.3 is 15.8 Å². The van der Waals surface area contributed by atoms with Crippen LogP contribution in [0.15, 0.2) is 0 Å². The van der Waals surface area contributed by atoms with Crippen LogP contribution in [-0.2, 0) is 9.53 Å². The van der Waals surface area contributed by atoms with Gasteiger partial charge in [-0.05, 0) is 37.5 Å². The predicted octanol–water partition coefficient (Wildman–Crippen LogP) is 0.512. The molecule has 0 aromatic carbocycles. The van der Waals surface area contributed by atoms with Gasteiger partial charge in [-0.1, -0.05) is 0 Å². The highest BCUT2D eigenvalue weighted by Crippen LogP contribution is 2.47. The molecule has 2 saturated carbocycles. The van der Waals surface area contributed by atoms with Crippen molar-refractivity contribution in [3.63, 3.8) is 0 Å². The zero-order chi connectivity index (χ0) is 11.8. The van der Waals surface area contributed by atoms with Gasteiger partial charge in [0, 0.05) is 25.1 Å². The van der Waals surface area contributed by atoms with Crippen LogP contribution in [0.25, 0.3) is 0 Å². The number of fused-ring (bicyclic) bond motifs is 2. The van der Waals surface area contributed by atoms with Crippen molar-refractivity contribution in [2.75, 3.05) is 19.8 Å². The van der Waals surface area contributed by atoms with Crippen LogP contribution in [0.1, 0.15) is 25.7 Å². The van der Waals surface area contributed by atoms with Crippen LogP contribution in [0.5, 0.6) is 0 Å². The topological polar surface area (TPSA) is 64.4 Å². The van der Waals surface area contributed by atoms with Gasteiger partial charge in [0.1, 0.15) is 0 Å². The number of carbonyl (C=O) groups is 1. The van der Waals surface area contributed by atoms with E-state index >= 15 is 0 Å². The molecular formula is C13H22N2O2. The molecular weight excluding hydrogens is 216 g/mol. The summed E-state index contributed by atoms with van der Waals surface area (Å²) in [6.07, 6.45) is 4.67.